The van der Waals surface area contributed by atoms with Gasteiger partial charge in [0.1, 0.15) is 11.9 Å². The molecule has 0 bridgehead atoms. The molecule has 0 radical (unpaired) electrons. The smallest absolute Gasteiger partial charge is 0.191 e. The maximum absolute atomic E-state index is 5.95. The van der Waals surface area contributed by atoms with Gasteiger partial charge in [0.05, 0.1) is 6.54 Å². The quantitative estimate of drug-likeness (QED) is 0.407. The van der Waals surface area contributed by atoms with Crippen LogP contribution in [0.15, 0.2) is 29.3 Å². The fraction of sp³-hybridized carbons (Fsp3) is 0.588. The van der Waals surface area contributed by atoms with Crippen LogP contribution in [0.2, 0.25) is 0 Å². The average molecular weight is 417 g/mol. The minimum absolute atomic E-state index is 0. The molecule has 0 aromatic heterocycles. The summed E-state index contributed by atoms with van der Waals surface area (Å²) >= 11 is 0. The maximum atomic E-state index is 5.95. The van der Waals surface area contributed by atoms with Crippen LogP contribution in [0.1, 0.15) is 32.3 Å². The lowest BCUT2D eigenvalue weighted by Gasteiger charge is -2.16. The predicted molar refractivity (Wildman–Crippen MR) is 103 cm³/mol. The van der Waals surface area contributed by atoms with E-state index in [0.717, 1.165) is 36.3 Å². The summed E-state index contributed by atoms with van der Waals surface area (Å²) in [6, 6.07) is 8.09. The van der Waals surface area contributed by atoms with Crippen LogP contribution in [0.3, 0.4) is 0 Å². The van der Waals surface area contributed by atoms with Gasteiger partial charge in [0, 0.05) is 13.1 Å². The zero-order chi connectivity index (χ0) is 15.1. The van der Waals surface area contributed by atoms with E-state index in [-0.39, 0.29) is 30.1 Å². The van der Waals surface area contributed by atoms with Crippen molar-refractivity contribution in [3.63, 3.8) is 0 Å². The standard InChI is InChI=1S/C17H27N3O.HI/c1-4-18-17(20-12-15-9-10-15)19-11-14(3)21-16-8-6-5-7-13(16)2;/h5-8,14-15H,4,9-12H2,1-3H3,(H2,18,19,20);1H. The highest BCUT2D eigenvalue weighted by Gasteiger charge is 2.21. The number of nitrogens with one attached hydrogen (secondary N) is 2. The minimum Gasteiger partial charge on any atom is -0.489 e. The molecule has 1 aliphatic carbocycles. The van der Waals surface area contributed by atoms with Gasteiger partial charge in [-0.1, -0.05) is 18.2 Å². The Hall–Kier alpha value is -0.980. The summed E-state index contributed by atoms with van der Waals surface area (Å²) in [5.41, 5.74) is 1.16. The number of aliphatic imine (C=N–C) groups is 1. The monoisotopic (exact) mass is 417 g/mol. The highest BCUT2D eigenvalue weighted by Crippen LogP contribution is 2.27. The first-order valence-electron chi connectivity index (χ1n) is 7.93. The van der Waals surface area contributed by atoms with Gasteiger partial charge in [0.15, 0.2) is 5.96 Å². The van der Waals surface area contributed by atoms with Gasteiger partial charge >= 0.3 is 0 Å². The molecule has 5 heteroatoms. The van der Waals surface area contributed by atoms with E-state index in [1.807, 2.05) is 18.2 Å². The van der Waals surface area contributed by atoms with Crippen LogP contribution in [0.5, 0.6) is 5.75 Å². The van der Waals surface area contributed by atoms with Crippen molar-refractivity contribution in [1.82, 2.24) is 10.6 Å². The van der Waals surface area contributed by atoms with Crippen molar-refractivity contribution in [3.05, 3.63) is 29.8 Å². The summed E-state index contributed by atoms with van der Waals surface area (Å²) in [4.78, 5) is 4.61. The Bertz CT molecular complexity index is 475. The molecule has 124 valence electrons. The number of para-hydroxylation sites is 1. The van der Waals surface area contributed by atoms with Gasteiger partial charge in [-0.2, -0.15) is 0 Å². The Labute approximate surface area is 151 Å². The number of rotatable bonds is 7. The third-order valence-corrected chi connectivity index (χ3v) is 3.53. The van der Waals surface area contributed by atoms with Crippen LogP contribution >= 0.6 is 24.0 Å². The molecule has 1 atom stereocenters. The van der Waals surface area contributed by atoms with Crippen molar-refractivity contribution in [2.24, 2.45) is 10.9 Å². The van der Waals surface area contributed by atoms with Crippen LogP contribution in [0.4, 0.5) is 0 Å². The first kappa shape index (κ1) is 19.1. The largest absolute Gasteiger partial charge is 0.489 e. The van der Waals surface area contributed by atoms with Crippen molar-refractivity contribution < 1.29 is 4.74 Å². The maximum Gasteiger partial charge on any atom is 0.191 e. The second-order valence-electron chi connectivity index (χ2n) is 5.74. The molecule has 1 aromatic rings. The van der Waals surface area contributed by atoms with Gasteiger partial charge in [-0.25, -0.2) is 4.99 Å². The molecule has 1 aliphatic rings. The molecule has 0 heterocycles. The molecule has 22 heavy (non-hydrogen) atoms. The van der Waals surface area contributed by atoms with Crippen molar-refractivity contribution in [2.45, 2.75) is 39.7 Å². The van der Waals surface area contributed by atoms with E-state index in [4.69, 9.17) is 4.74 Å². The molecule has 0 saturated heterocycles. The molecule has 2 N–H and O–H groups in total. The van der Waals surface area contributed by atoms with Gasteiger partial charge in [0.2, 0.25) is 0 Å². The van der Waals surface area contributed by atoms with Crippen molar-refractivity contribution >= 4 is 29.9 Å². The molecule has 1 unspecified atom stereocenters. The van der Waals surface area contributed by atoms with Crippen molar-refractivity contribution in [1.29, 1.82) is 0 Å². The summed E-state index contributed by atoms with van der Waals surface area (Å²) in [6.07, 6.45) is 2.75. The molecule has 0 spiro atoms. The van der Waals surface area contributed by atoms with Crippen LogP contribution in [0.25, 0.3) is 0 Å². The molecule has 0 amide bonds. The van der Waals surface area contributed by atoms with Gasteiger partial charge < -0.3 is 15.4 Å². The van der Waals surface area contributed by atoms with Crippen LogP contribution < -0.4 is 15.4 Å². The summed E-state index contributed by atoms with van der Waals surface area (Å²) in [7, 11) is 0. The number of hydrogen-bond acceptors (Lipinski definition) is 2. The van der Waals surface area contributed by atoms with E-state index in [0.29, 0.717) is 6.54 Å². The molecular formula is C17H28IN3O. The van der Waals surface area contributed by atoms with E-state index in [1.54, 1.807) is 0 Å². The average Bonchev–Trinajstić information content (AvgIpc) is 3.29. The van der Waals surface area contributed by atoms with E-state index >= 15 is 0 Å². The Balaban J connectivity index is 0.00000242. The van der Waals surface area contributed by atoms with Crippen LogP contribution in [0, 0.1) is 12.8 Å². The third-order valence-electron chi connectivity index (χ3n) is 3.53. The summed E-state index contributed by atoms with van der Waals surface area (Å²) in [6.45, 7) is 8.76. The lowest BCUT2D eigenvalue weighted by molar-refractivity contribution is 0.228. The predicted octanol–water partition coefficient (Wildman–Crippen LogP) is 3.35. The topological polar surface area (TPSA) is 45.7 Å². The number of benzene rings is 1. The van der Waals surface area contributed by atoms with E-state index in [2.05, 4.69) is 42.5 Å². The van der Waals surface area contributed by atoms with E-state index in [9.17, 15) is 0 Å². The van der Waals surface area contributed by atoms with Crippen LogP contribution in [-0.2, 0) is 0 Å². The summed E-state index contributed by atoms with van der Waals surface area (Å²) < 4.78 is 5.95. The first-order valence-corrected chi connectivity index (χ1v) is 7.93. The second kappa shape index (κ2) is 9.92. The third kappa shape index (κ3) is 6.85. The lowest BCUT2D eigenvalue weighted by Crippen LogP contribution is -2.39. The minimum atomic E-state index is 0. The molecule has 1 saturated carbocycles. The molecule has 1 aromatic carbocycles. The molecule has 4 nitrogen and oxygen atoms in total. The second-order valence-corrected chi connectivity index (χ2v) is 5.74. The molecule has 2 rings (SSSR count). The van der Waals surface area contributed by atoms with Gasteiger partial charge in [-0.3, -0.25) is 0 Å². The highest BCUT2D eigenvalue weighted by molar-refractivity contribution is 14.0. The Morgan fingerprint density at radius 1 is 1.32 bits per heavy atom. The van der Waals surface area contributed by atoms with E-state index in [1.165, 1.54) is 12.8 Å². The van der Waals surface area contributed by atoms with Gasteiger partial charge in [-0.15, -0.1) is 24.0 Å². The molecular weight excluding hydrogens is 389 g/mol. The zero-order valence-corrected chi connectivity index (χ0v) is 16.1. The summed E-state index contributed by atoms with van der Waals surface area (Å²) in [5.74, 6) is 2.68. The van der Waals surface area contributed by atoms with Gasteiger partial charge in [-0.05, 0) is 51.2 Å². The zero-order valence-electron chi connectivity index (χ0n) is 13.8. The Kier molecular flexibility index (Phi) is 8.60. The highest BCUT2D eigenvalue weighted by atomic mass is 127. The lowest BCUT2D eigenvalue weighted by atomic mass is 10.2. The van der Waals surface area contributed by atoms with Crippen molar-refractivity contribution in [3.8, 4) is 5.75 Å². The van der Waals surface area contributed by atoms with Crippen molar-refractivity contribution in [2.75, 3.05) is 19.6 Å². The number of halogens is 1. The normalized spacial score (nSPS) is 15.7. The van der Waals surface area contributed by atoms with Gasteiger partial charge in [0.25, 0.3) is 0 Å². The molecule has 0 aliphatic heterocycles. The number of hydrogen-bond donors (Lipinski definition) is 2. The number of ether oxygens (including phenoxy) is 1. The SMILES string of the molecule is CCNC(=NCC(C)Oc1ccccc1C)NCC1CC1.I. The Morgan fingerprint density at radius 3 is 2.68 bits per heavy atom. The number of guanidine groups is 1. The fourth-order valence-electron chi connectivity index (χ4n) is 2.07. The van der Waals surface area contributed by atoms with Crippen LogP contribution in [-0.4, -0.2) is 31.7 Å². The number of nitrogens with zero attached hydrogens (tertiary/aromatic N) is 1. The fourth-order valence-corrected chi connectivity index (χ4v) is 2.07. The first-order chi connectivity index (χ1) is 10.2. The number of aryl methyl sites for hydroxylation is 1. The summed E-state index contributed by atoms with van der Waals surface area (Å²) in [5, 5.41) is 6.68. The Morgan fingerprint density at radius 2 is 2.05 bits per heavy atom. The van der Waals surface area contributed by atoms with E-state index < -0.39 is 0 Å². The molecule has 1 fully saturated rings.